The number of halogens is 1. The molecule has 21 heavy (non-hydrogen) atoms. The lowest BCUT2D eigenvalue weighted by Gasteiger charge is -2.11. The summed E-state index contributed by atoms with van der Waals surface area (Å²) >= 11 is 7.91. The Labute approximate surface area is 135 Å². The predicted molar refractivity (Wildman–Crippen MR) is 89.1 cm³/mol. The SMILES string of the molecule is CCCNCc1c(Cl)cccc1Sc1nc(C)cc(C)n1. The molecule has 5 heteroatoms. The van der Waals surface area contributed by atoms with Crippen molar-refractivity contribution in [3.05, 3.63) is 46.2 Å². The van der Waals surface area contributed by atoms with Gasteiger partial charge in [0.15, 0.2) is 5.16 Å². The summed E-state index contributed by atoms with van der Waals surface area (Å²) in [5.74, 6) is 0. The summed E-state index contributed by atoms with van der Waals surface area (Å²) in [5, 5.41) is 4.96. The smallest absolute Gasteiger partial charge is 0.192 e. The summed E-state index contributed by atoms with van der Waals surface area (Å²) in [5.41, 5.74) is 3.08. The molecule has 0 spiro atoms. The van der Waals surface area contributed by atoms with Crippen LogP contribution in [0.1, 0.15) is 30.3 Å². The second-order valence-corrected chi connectivity index (χ2v) is 6.34. The van der Waals surface area contributed by atoms with Gasteiger partial charge in [-0.05, 0) is 62.3 Å². The number of aryl methyl sites for hydroxylation is 2. The van der Waals surface area contributed by atoms with Crippen molar-refractivity contribution in [3.63, 3.8) is 0 Å². The molecule has 1 aromatic heterocycles. The molecule has 0 aliphatic rings. The van der Waals surface area contributed by atoms with Gasteiger partial charge in [0.25, 0.3) is 0 Å². The second-order valence-electron chi connectivity index (χ2n) is 4.93. The van der Waals surface area contributed by atoms with Crippen molar-refractivity contribution in [3.8, 4) is 0 Å². The van der Waals surface area contributed by atoms with E-state index in [0.29, 0.717) is 0 Å². The number of hydrogen-bond donors (Lipinski definition) is 1. The van der Waals surface area contributed by atoms with Crippen LogP contribution in [0.15, 0.2) is 34.3 Å². The van der Waals surface area contributed by atoms with Crippen molar-refractivity contribution in [1.29, 1.82) is 0 Å². The fraction of sp³-hybridized carbons (Fsp3) is 0.375. The van der Waals surface area contributed by atoms with Gasteiger partial charge in [0.2, 0.25) is 0 Å². The van der Waals surface area contributed by atoms with E-state index in [1.165, 1.54) is 0 Å². The van der Waals surface area contributed by atoms with E-state index in [-0.39, 0.29) is 0 Å². The Balaban J connectivity index is 2.24. The molecule has 0 atom stereocenters. The average molecular weight is 322 g/mol. The second kappa shape index (κ2) is 7.78. The van der Waals surface area contributed by atoms with E-state index in [9.17, 15) is 0 Å². The van der Waals surface area contributed by atoms with E-state index in [4.69, 9.17) is 11.6 Å². The average Bonchev–Trinajstić information content (AvgIpc) is 2.41. The van der Waals surface area contributed by atoms with Crippen molar-refractivity contribution < 1.29 is 0 Å². The highest BCUT2D eigenvalue weighted by Crippen LogP contribution is 2.32. The first kappa shape index (κ1) is 16.3. The summed E-state index contributed by atoms with van der Waals surface area (Å²) in [6.45, 7) is 7.87. The first-order chi connectivity index (χ1) is 10.1. The van der Waals surface area contributed by atoms with Gasteiger partial charge in [-0.2, -0.15) is 0 Å². The molecule has 2 aromatic rings. The first-order valence-electron chi connectivity index (χ1n) is 7.08. The Bertz CT molecular complexity index is 596. The molecule has 3 nitrogen and oxygen atoms in total. The highest BCUT2D eigenvalue weighted by molar-refractivity contribution is 7.99. The third-order valence-corrected chi connectivity index (χ3v) is 4.29. The number of aromatic nitrogens is 2. The number of nitrogens with zero attached hydrogens (tertiary/aromatic N) is 2. The normalized spacial score (nSPS) is 10.9. The standard InChI is InChI=1S/C16H20ClN3S/c1-4-8-18-10-13-14(17)6-5-7-15(13)21-16-19-11(2)9-12(3)20-16/h5-7,9,18H,4,8,10H2,1-3H3. The molecule has 0 unspecified atom stereocenters. The maximum absolute atomic E-state index is 6.34. The minimum atomic E-state index is 0.765. The molecule has 0 saturated carbocycles. The van der Waals surface area contributed by atoms with Gasteiger partial charge in [0, 0.05) is 27.9 Å². The van der Waals surface area contributed by atoms with E-state index < -0.39 is 0 Å². The molecule has 1 N–H and O–H groups in total. The van der Waals surface area contributed by atoms with Gasteiger partial charge in [0.05, 0.1) is 0 Å². The number of nitrogens with one attached hydrogen (secondary N) is 1. The molecule has 0 saturated heterocycles. The summed E-state index contributed by atoms with van der Waals surface area (Å²) in [6.07, 6.45) is 1.10. The minimum Gasteiger partial charge on any atom is -0.313 e. The summed E-state index contributed by atoms with van der Waals surface area (Å²) in [6, 6.07) is 7.94. The third-order valence-electron chi connectivity index (χ3n) is 2.97. The molecular formula is C16H20ClN3S. The first-order valence-corrected chi connectivity index (χ1v) is 8.28. The molecular weight excluding hydrogens is 302 g/mol. The van der Waals surface area contributed by atoms with Crippen LogP contribution in [0.5, 0.6) is 0 Å². The quantitative estimate of drug-likeness (QED) is 0.632. The van der Waals surface area contributed by atoms with Crippen molar-refractivity contribution in [2.24, 2.45) is 0 Å². The summed E-state index contributed by atoms with van der Waals surface area (Å²) < 4.78 is 0. The molecule has 0 aliphatic carbocycles. The molecule has 0 radical (unpaired) electrons. The molecule has 2 rings (SSSR count). The molecule has 0 bridgehead atoms. The van der Waals surface area contributed by atoms with Crippen molar-refractivity contribution >= 4 is 23.4 Å². The van der Waals surface area contributed by atoms with Crippen LogP contribution in [0, 0.1) is 13.8 Å². The monoisotopic (exact) mass is 321 g/mol. The Hall–Kier alpha value is -1.10. The Morgan fingerprint density at radius 3 is 2.57 bits per heavy atom. The van der Waals surface area contributed by atoms with Crippen LogP contribution in [-0.2, 0) is 6.54 Å². The van der Waals surface area contributed by atoms with Crippen molar-refractivity contribution in [1.82, 2.24) is 15.3 Å². The lowest BCUT2D eigenvalue weighted by Crippen LogP contribution is -2.14. The fourth-order valence-corrected chi connectivity index (χ4v) is 3.36. The van der Waals surface area contributed by atoms with Gasteiger partial charge >= 0.3 is 0 Å². The van der Waals surface area contributed by atoms with Gasteiger partial charge in [-0.25, -0.2) is 9.97 Å². The van der Waals surface area contributed by atoms with Crippen LogP contribution in [0.25, 0.3) is 0 Å². The number of rotatable bonds is 6. The van der Waals surface area contributed by atoms with Crippen LogP contribution in [0.4, 0.5) is 0 Å². The molecule has 0 amide bonds. The topological polar surface area (TPSA) is 37.8 Å². The third kappa shape index (κ3) is 4.70. The Morgan fingerprint density at radius 2 is 1.90 bits per heavy atom. The number of hydrogen-bond acceptors (Lipinski definition) is 4. The zero-order chi connectivity index (χ0) is 15.2. The van der Waals surface area contributed by atoms with Crippen LogP contribution in [0.2, 0.25) is 5.02 Å². The summed E-state index contributed by atoms with van der Waals surface area (Å²) in [4.78, 5) is 10.1. The van der Waals surface area contributed by atoms with Crippen LogP contribution in [-0.4, -0.2) is 16.5 Å². The van der Waals surface area contributed by atoms with Crippen LogP contribution in [0.3, 0.4) is 0 Å². The molecule has 112 valence electrons. The van der Waals surface area contributed by atoms with Gasteiger partial charge in [0.1, 0.15) is 0 Å². The fourth-order valence-electron chi connectivity index (χ4n) is 2.03. The van der Waals surface area contributed by atoms with Gasteiger partial charge in [-0.3, -0.25) is 0 Å². The van der Waals surface area contributed by atoms with Gasteiger partial charge in [-0.1, -0.05) is 24.6 Å². The van der Waals surface area contributed by atoms with E-state index in [0.717, 1.165) is 51.5 Å². The summed E-state index contributed by atoms with van der Waals surface area (Å²) in [7, 11) is 0. The zero-order valence-corrected chi connectivity index (χ0v) is 14.2. The van der Waals surface area contributed by atoms with E-state index in [1.54, 1.807) is 11.8 Å². The van der Waals surface area contributed by atoms with E-state index >= 15 is 0 Å². The number of benzene rings is 1. The van der Waals surface area contributed by atoms with Gasteiger partial charge in [-0.15, -0.1) is 0 Å². The van der Waals surface area contributed by atoms with E-state index in [1.807, 2.05) is 32.0 Å². The largest absolute Gasteiger partial charge is 0.313 e. The maximum Gasteiger partial charge on any atom is 0.192 e. The molecule has 1 aromatic carbocycles. The molecule has 0 aliphatic heterocycles. The van der Waals surface area contributed by atoms with Gasteiger partial charge < -0.3 is 5.32 Å². The van der Waals surface area contributed by atoms with Crippen molar-refractivity contribution in [2.75, 3.05) is 6.54 Å². The van der Waals surface area contributed by atoms with E-state index in [2.05, 4.69) is 28.3 Å². The highest BCUT2D eigenvalue weighted by Gasteiger charge is 2.10. The predicted octanol–water partition coefficient (Wildman–Crippen LogP) is 4.40. The Kier molecular flexibility index (Phi) is 6.03. The zero-order valence-electron chi connectivity index (χ0n) is 12.6. The lowest BCUT2D eigenvalue weighted by molar-refractivity contribution is 0.669. The lowest BCUT2D eigenvalue weighted by atomic mass is 10.2. The minimum absolute atomic E-state index is 0.765. The van der Waals surface area contributed by atoms with Crippen molar-refractivity contribution in [2.45, 2.75) is 43.8 Å². The molecule has 0 fully saturated rings. The molecule has 1 heterocycles. The highest BCUT2D eigenvalue weighted by atomic mass is 35.5. The van der Waals surface area contributed by atoms with Crippen LogP contribution >= 0.6 is 23.4 Å². The maximum atomic E-state index is 6.34. The Morgan fingerprint density at radius 1 is 1.19 bits per heavy atom. The van der Waals surface area contributed by atoms with Crippen LogP contribution < -0.4 is 5.32 Å².